The fourth-order valence-corrected chi connectivity index (χ4v) is 3.88. The van der Waals surface area contributed by atoms with E-state index in [0.717, 1.165) is 34.5 Å². The van der Waals surface area contributed by atoms with Gasteiger partial charge in [0.2, 0.25) is 0 Å². The van der Waals surface area contributed by atoms with Crippen molar-refractivity contribution < 1.29 is 22.8 Å². The molecule has 36 heavy (non-hydrogen) atoms. The molecule has 0 spiro atoms. The maximum atomic E-state index is 12.9. The Balaban J connectivity index is 1.39. The number of hydrogen-bond donors (Lipinski definition) is 3. The Morgan fingerprint density at radius 3 is 2.44 bits per heavy atom. The van der Waals surface area contributed by atoms with Crippen molar-refractivity contribution in [1.29, 1.82) is 0 Å². The molecule has 0 unspecified atom stereocenters. The highest BCUT2D eigenvalue weighted by Gasteiger charge is 2.30. The van der Waals surface area contributed by atoms with Crippen LogP contribution in [0.1, 0.15) is 27.2 Å². The smallest absolute Gasteiger partial charge is 0.362 e. The molecule has 7 nitrogen and oxygen atoms in total. The predicted molar refractivity (Wildman–Crippen MR) is 129 cm³/mol. The standard InChI is InChI=1S/C26H17F3N4O3/c27-26(28,29)15-5-8-18(9-6-15)33-12-2-4-20(25(33)36)23(34)31-17-7-10-19-21(13-16-3-1-11-30-16)24(35)32-22(19)14-17/h1-14,30H,(H,31,34)(H,32,35)/b21-13-. The van der Waals surface area contributed by atoms with Crippen molar-refractivity contribution in [3.63, 3.8) is 0 Å². The first-order valence-electron chi connectivity index (χ1n) is 10.7. The summed E-state index contributed by atoms with van der Waals surface area (Å²) in [7, 11) is 0. The van der Waals surface area contributed by atoms with Gasteiger partial charge < -0.3 is 15.6 Å². The van der Waals surface area contributed by atoms with Crippen molar-refractivity contribution in [2.45, 2.75) is 6.18 Å². The Bertz CT molecular complexity index is 1570. The van der Waals surface area contributed by atoms with Gasteiger partial charge >= 0.3 is 6.18 Å². The summed E-state index contributed by atoms with van der Waals surface area (Å²) in [6.07, 6.45) is 0.324. The van der Waals surface area contributed by atoms with Gasteiger partial charge in [-0.2, -0.15) is 13.2 Å². The molecule has 0 aliphatic carbocycles. The molecule has 2 aromatic carbocycles. The summed E-state index contributed by atoms with van der Waals surface area (Å²) >= 11 is 0. The largest absolute Gasteiger partial charge is 0.416 e. The van der Waals surface area contributed by atoms with Crippen LogP contribution in [0.4, 0.5) is 24.5 Å². The fraction of sp³-hybridized carbons (Fsp3) is 0.0385. The second kappa shape index (κ2) is 8.73. The van der Waals surface area contributed by atoms with Crippen molar-refractivity contribution in [2.75, 3.05) is 10.6 Å². The molecule has 2 amide bonds. The zero-order valence-electron chi connectivity index (χ0n) is 18.4. The summed E-state index contributed by atoms with van der Waals surface area (Å²) in [4.78, 5) is 41.2. The van der Waals surface area contributed by atoms with Gasteiger partial charge in [0.15, 0.2) is 0 Å². The number of aromatic amines is 1. The molecule has 2 aromatic heterocycles. The molecular formula is C26H17F3N4O3. The average Bonchev–Trinajstić information content (AvgIpc) is 3.46. The maximum Gasteiger partial charge on any atom is 0.416 e. The number of halogens is 3. The second-order valence-corrected chi connectivity index (χ2v) is 7.99. The van der Waals surface area contributed by atoms with Gasteiger partial charge in [0, 0.05) is 35.0 Å². The number of carbonyl (C=O) groups excluding carboxylic acids is 2. The van der Waals surface area contributed by atoms with Gasteiger partial charge in [-0.15, -0.1) is 0 Å². The van der Waals surface area contributed by atoms with Crippen LogP contribution in [-0.2, 0) is 11.0 Å². The number of pyridine rings is 1. The van der Waals surface area contributed by atoms with Crippen LogP contribution in [0.3, 0.4) is 0 Å². The molecule has 5 rings (SSSR count). The summed E-state index contributed by atoms with van der Waals surface area (Å²) in [6.45, 7) is 0. The number of amides is 2. The first kappa shape index (κ1) is 22.9. The summed E-state index contributed by atoms with van der Waals surface area (Å²) in [6, 6.07) is 15.3. The first-order valence-corrected chi connectivity index (χ1v) is 10.7. The van der Waals surface area contributed by atoms with Gasteiger partial charge in [-0.25, -0.2) is 0 Å². The Kier molecular flexibility index (Phi) is 5.56. The highest BCUT2D eigenvalue weighted by atomic mass is 19.4. The van der Waals surface area contributed by atoms with E-state index in [0.29, 0.717) is 22.5 Å². The van der Waals surface area contributed by atoms with Crippen LogP contribution in [0.5, 0.6) is 0 Å². The first-order chi connectivity index (χ1) is 17.2. The minimum Gasteiger partial charge on any atom is -0.362 e. The zero-order valence-corrected chi connectivity index (χ0v) is 18.4. The third-order valence-electron chi connectivity index (χ3n) is 5.65. The zero-order chi connectivity index (χ0) is 25.4. The third kappa shape index (κ3) is 4.31. The Morgan fingerprint density at radius 2 is 1.75 bits per heavy atom. The fourth-order valence-electron chi connectivity index (χ4n) is 3.88. The lowest BCUT2D eigenvalue weighted by molar-refractivity contribution is -0.137. The van der Waals surface area contributed by atoms with Crippen molar-refractivity contribution >= 4 is 34.8 Å². The van der Waals surface area contributed by atoms with E-state index in [2.05, 4.69) is 15.6 Å². The number of fused-ring (bicyclic) bond motifs is 1. The van der Waals surface area contributed by atoms with E-state index in [4.69, 9.17) is 0 Å². The van der Waals surface area contributed by atoms with Gasteiger partial charge in [0.05, 0.1) is 16.8 Å². The number of aromatic nitrogens is 2. The Labute approximate surface area is 201 Å². The quantitative estimate of drug-likeness (QED) is 0.354. The van der Waals surface area contributed by atoms with E-state index in [-0.39, 0.29) is 17.2 Å². The minimum absolute atomic E-state index is 0.185. The number of alkyl halides is 3. The van der Waals surface area contributed by atoms with Crippen LogP contribution in [0.2, 0.25) is 0 Å². The third-order valence-corrected chi connectivity index (χ3v) is 5.65. The van der Waals surface area contributed by atoms with Crippen LogP contribution in [0.25, 0.3) is 17.3 Å². The molecule has 0 saturated carbocycles. The Morgan fingerprint density at radius 1 is 0.972 bits per heavy atom. The van der Waals surface area contributed by atoms with Crippen LogP contribution >= 0.6 is 0 Å². The number of anilines is 2. The molecule has 0 saturated heterocycles. The van der Waals surface area contributed by atoms with Crippen LogP contribution in [0.15, 0.2) is 83.9 Å². The molecule has 0 fully saturated rings. The monoisotopic (exact) mass is 490 g/mol. The summed E-state index contributed by atoms with van der Waals surface area (Å²) in [5.41, 5.74) is 1.20. The molecule has 10 heteroatoms. The molecule has 0 atom stereocenters. The number of carbonyl (C=O) groups is 2. The summed E-state index contributed by atoms with van der Waals surface area (Å²) < 4.78 is 39.6. The van der Waals surface area contributed by atoms with Gasteiger partial charge in [-0.3, -0.25) is 19.0 Å². The predicted octanol–water partition coefficient (Wildman–Crippen LogP) is 4.93. The van der Waals surface area contributed by atoms with E-state index < -0.39 is 23.2 Å². The van der Waals surface area contributed by atoms with E-state index in [1.54, 1.807) is 30.5 Å². The molecule has 3 N–H and O–H groups in total. The van der Waals surface area contributed by atoms with E-state index in [1.807, 2.05) is 12.1 Å². The molecule has 180 valence electrons. The normalized spacial score (nSPS) is 14.0. The Hall–Kier alpha value is -4.86. The van der Waals surface area contributed by atoms with E-state index in [9.17, 15) is 27.6 Å². The number of nitrogens with zero attached hydrogens (tertiary/aromatic N) is 1. The molecule has 0 radical (unpaired) electrons. The van der Waals surface area contributed by atoms with E-state index in [1.165, 1.54) is 18.3 Å². The number of nitrogens with one attached hydrogen (secondary N) is 3. The molecule has 1 aliphatic heterocycles. The maximum absolute atomic E-state index is 12.9. The molecule has 3 heterocycles. The molecular weight excluding hydrogens is 473 g/mol. The summed E-state index contributed by atoms with van der Waals surface area (Å²) in [5.74, 6) is -0.988. The van der Waals surface area contributed by atoms with Gasteiger partial charge in [0.1, 0.15) is 5.56 Å². The van der Waals surface area contributed by atoms with Crippen LogP contribution < -0.4 is 16.2 Å². The SMILES string of the molecule is O=C1Nc2cc(NC(=O)c3cccn(-c4ccc(C(F)(F)F)cc4)c3=O)ccc2/C1=C/c1ccc[nH]1. The highest BCUT2D eigenvalue weighted by molar-refractivity contribution is 6.35. The van der Waals surface area contributed by atoms with Crippen LogP contribution in [-0.4, -0.2) is 21.4 Å². The second-order valence-electron chi connectivity index (χ2n) is 7.99. The van der Waals surface area contributed by atoms with E-state index >= 15 is 0 Å². The topological polar surface area (TPSA) is 96.0 Å². The average molecular weight is 490 g/mol. The lowest BCUT2D eigenvalue weighted by atomic mass is 10.1. The van der Waals surface area contributed by atoms with Crippen molar-refractivity contribution in [1.82, 2.24) is 9.55 Å². The van der Waals surface area contributed by atoms with Gasteiger partial charge in [0.25, 0.3) is 17.4 Å². The minimum atomic E-state index is -4.50. The molecule has 0 bridgehead atoms. The van der Waals surface area contributed by atoms with Crippen LogP contribution in [0, 0.1) is 0 Å². The highest BCUT2D eigenvalue weighted by Crippen LogP contribution is 2.35. The molecule has 1 aliphatic rings. The number of hydrogen-bond acceptors (Lipinski definition) is 3. The van der Waals surface area contributed by atoms with Crippen molar-refractivity contribution in [3.8, 4) is 5.69 Å². The number of H-pyrrole nitrogens is 1. The summed E-state index contributed by atoms with van der Waals surface area (Å²) in [5, 5.41) is 5.39. The lowest BCUT2D eigenvalue weighted by Gasteiger charge is -2.11. The van der Waals surface area contributed by atoms with Crippen molar-refractivity contribution in [3.05, 3.63) is 112 Å². The van der Waals surface area contributed by atoms with Gasteiger partial charge in [-0.1, -0.05) is 6.07 Å². The lowest BCUT2D eigenvalue weighted by Crippen LogP contribution is -2.27. The number of rotatable bonds is 4. The van der Waals surface area contributed by atoms with Crippen molar-refractivity contribution in [2.24, 2.45) is 0 Å². The van der Waals surface area contributed by atoms with Gasteiger partial charge in [-0.05, 0) is 66.7 Å². The molecule has 4 aromatic rings. The number of benzene rings is 2.